The van der Waals surface area contributed by atoms with Crippen LogP contribution in [0.1, 0.15) is 39.5 Å². The number of carboxylic acids is 1. The first-order valence-electron chi connectivity index (χ1n) is 6.00. The third-order valence-electron chi connectivity index (χ3n) is 3.20. The molecule has 1 saturated heterocycles. The molecule has 1 aliphatic rings. The number of hydrogen-bond acceptors (Lipinski definition) is 3. The van der Waals surface area contributed by atoms with Gasteiger partial charge in [0.15, 0.2) is 0 Å². The number of rotatable bonds is 5. The summed E-state index contributed by atoms with van der Waals surface area (Å²) in [6.45, 7) is 4.22. The Morgan fingerprint density at radius 2 is 2.18 bits per heavy atom. The van der Waals surface area contributed by atoms with Crippen LogP contribution in [0.5, 0.6) is 0 Å². The normalized spacial score (nSPS) is 21.3. The van der Waals surface area contributed by atoms with E-state index in [1.165, 1.54) is 0 Å². The first-order valence-corrected chi connectivity index (χ1v) is 6.41. The van der Waals surface area contributed by atoms with Gasteiger partial charge in [0.1, 0.15) is 11.8 Å². The second-order valence-corrected chi connectivity index (χ2v) is 4.96. The molecule has 17 heavy (non-hydrogen) atoms. The summed E-state index contributed by atoms with van der Waals surface area (Å²) in [5.41, 5.74) is 0. The molecule has 0 aliphatic carbocycles. The lowest BCUT2D eigenvalue weighted by molar-refractivity contribution is -0.140. The number of aliphatic carboxylic acids is 1. The average Bonchev–Trinajstić information content (AvgIpc) is 2.73. The molecule has 0 bridgehead atoms. The molecule has 1 fully saturated rings. The number of thiocarbonyl (C=S) groups is 1. The fraction of sp³-hybridized carbons (Fsp3) is 0.750. The Labute approximate surface area is 107 Å². The second kappa shape index (κ2) is 6.10. The molecule has 1 aliphatic heterocycles. The van der Waals surface area contributed by atoms with E-state index in [0.29, 0.717) is 24.4 Å². The Balaban J connectivity index is 2.73. The standard InChI is InChI=1S/C12H19NO3S/c1-3-9(7-8(2)14)11(17)13-6-4-5-10(13)12(15)16/h9-10H,3-7H2,1-2H3,(H,15,16)/t9?,10-/m0/s1. The lowest BCUT2D eigenvalue weighted by Crippen LogP contribution is -2.42. The molecule has 4 nitrogen and oxygen atoms in total. The monoisotopic (exact) mass is 257 g/mol. The van der Waals surface area contributed by atoms with E-state index in [-0.39, 0.29) is 11.7 Å². The molecule has 2 atom stereocenters. The minimum atomic E-state index is -0.817. The van der Waals surface area contributed by atoms with Crippen molar-refractivity contribution in [2.75, 3.05) is 6.54 Å². The molecule has 1 rings (SSSR count). The van der Waals surface area contributed by atoms with E-state index in [2.05, 4.69) is 0 Å². The largest absolute Gasteiger partial charge is 0.480 e. The number of carbonyl (C=O) groups excluding carboxylic acids is 1. The number of Topliss-reactive ketones (excluding diaryl/α,β-unsaturated/α-hetero) is 1. The fourth-order valence-corrected chi connectivity index (χ4v) is 2.74. The second-order valence-electron chi connectivity index (χ2n) is 4.54. The molecule has 0 aromatic carbocycles. The molecule has 0 amide bonds. The topological polar surface area (TPSA) is 57.6 Å². The number of nitrogens with zero attached hydrogens (tertiary/aromatic N) is 1. The third kappa shape index (κ3) is 3.49. The van der Waals surface area contributed by atoms with Crippen LogP contribution in [0, 0.1) is 5.92 Å². The van der Waals surface area contributed by atoms with Crippen molar-refractivity contribution in [3.63, 3.8) is 0 Å². The van der Waals surface area contributed by atoms with Crippen molar-refractivity contribution in [1.82, 2.24) is 4.90 Å². The SMILES string of the molecule is CCC(CC(C)=O)C(=S)N1CCC[C@H]1C(=O)O. The molecule has 1 N–H and O–H groups in total. The molecule has 0 radical (unpaired) electrons. The van der Waals surface area contributed by atoms with Crippen LogP contribution < -0.4 is 0 Å². The molecule has 0 aromatic rings. The summed E-state index contributed by atoms with van der Waals surface area (Å²) in [6, 6.07) is -0.497. The molecule has 96 valence electrons. The smallest absolute Gasteiger partial charge is 0.326 e. The van der Waals surface area contributed by atoms with Crippen LogP contribution in [0.4, 0.5) is 0 Å². The summed E-state index contributed by atoms with van der Waals surface area (Å²) < 4.78 is 0. The van der Waals surface area contributed by atoms with Crippen LogP contribution in [0.2, 0.25) is 0 Å². The van der Waals surface area contributed by atoms with E-state index < -0.39 is 12.0 Å². The lowest BCUT2D eigenvalue weighted by Gasteiger charge is -2.28. The van der Waals surface area contributed by atoms with Crippen LogP contribution in [0.25, 0.3) is 0 Å². The predicted octanol–water partition coefficient (Wildman–Crippen LogP) is 1.87. The first-order chi connectivity index (χ1) is 7.97. The first kappa shape index (κ1) is 14.1. The quantitative estimate of drug-likeness (QED) is 0.762. The summed E-state index contributed by atoms with van der Waals surface area (Å²) in [5.74, 6) is -0.713. The van der Waals surface area contributed by atoms with Crippen molar-refractivity contribution in [2.24, 2.45) is 5.92 Å². The Morgan fingerprint density at radius 3 is 2.65 bits per heavy atom. The Hall–Kier alpha value is -0.970. The fourth-order valence-electron chi connectivity index (χ4n) is 2.27. The molecule has 1 heterocycles. The van der Waals surface area contributed by atoms with Gasteiger partial charge in [-0.1, -0.05) is 19.1 Å². The maximum Gasteiger partial charge on any atom is 0.326 e. The van der Waals surface area contributed by atoms with E-state index in [0.717, 1.165) is 12.8 Å². The van der Waals surface area contributed by atoms with Crippen molar-refractivity contribution < 1.29 is 14.7 Å². The molecule has 5 heteroatoms. The predicted molar refractivity (Wildman–Crippen MR) is 69.0 cm³/mol. The summed E-state index contributed by atoms with van der Waals surface area (Å²) in [6.07, 6.45) is 2.69. The molecular formula is C12H19NO3S. The zero-order valence-electron chi connectivity index (χ0n) is 10.3. The Kier molecular flexibility index (Phi) is 5.05. The summed E-state index contributed by atoms with van der Waals surface area (Å²) in [4.78, 5) is 24.7. The average molecular weight is 257 g/mol. The molecule has 0 aromatic heterocycles. The van der Waals surface area contributed by atoms with Crippen LogP contribution in [-0.4, -0.2) is 39.3 Å². The minimum Gasteiger partial charge on any atom is -0.480 e. The Bertz CT molecular complexity index is 330. The number of ketones is 1. The van der Waals surface area contributed by atoms with Gasteiger partial charge in [-0.25, -0.2) is 4.79 Å². The highest BCUT2D eigenvalue weighted by molar-refractivity contribution is 7.80. The van der Waals surface area contributed by atoms with Gasteiger partial charge in [-0.15, -0.1) is 0 Å². The van der Waals surface area contributed by atoms with E-state index in [9.17, 15) is 9.59 Å². The van der Waals surface area contributed by atoms with Crippen LogP contribution >= 0.6 is 12.2 Å². The maximum absolute atomic E-state index is 11.2. The van der Waals surface area contributed by atoms with E-state index >= 15 is 0 Å². The van der Waals surface area contributed by atoms with Crippen LogP contribution in [-0.2, 0) is 9.59 Å². The molecule has 1 unspecified atom stereocenters. The van der Waals surface area contributed by atoms with Gasteiger partial charge in [0.05, 0.1) is 4.99 Å². The van der Waals surface area contributed by atoms with Gasteiger partial charge >= 0.3 is 5.97 Å². The number of likely N-dealkylation sites (tertiary alicyclic amines) is 1. The Morgan fingerprint density at radius 1 is 1.53 bits per heavy atom. The van der Waals surface area contributed by atoms with Gasteiger partial charge in [0.2, 0.25) is 0 Å². The van der Waals surface area contributed by atoms with Crippen LogP contribution in [0.3, 0.4) is 0 Å². The van der Waals surface area contributed by atoms with Gasteiger partial charge in [-0.2, -0.15) is 0 Å². The highest BCUT2D eigenvalue weighted by atomic mass is 32.1. The van der Waals surface area contributed by atoms with E-state index in [1.54, 1.807) is 11.8 Å². The van der Waals surface area contributed by atoms with Crippen molar-refractivity contribution in [3.8, 4) is 0 Å². The van der Waals surface area contributed by atoms with Gasteiger partial charge in [0.25, 0.3) is 0 Å². The van der Waals surface area contributed by atoms with Gasteiger partial charge in [-0.3, -0.25) is 0 Å². The van der Waals surface area contributed by atoms with Gasteiger partial charge < -0.3 is 14.8 Å². The molecular weight excluding hydrogens is 238 g/mol. The number of carbonyl (C=O) groups is 2. The molecule has 0 spiro atoms. The molecule has 0 saturated carbocycles. The third-order valence-corrected chi connectivity index (χ3v) is 3.76. The zero-order valence-corrected chi connectivity index (χ0v) is 11.1. The lowest BCUT2D eigenvalue weighted by atomic mass is 9.99. The number of carboxylic acid groups (broad SMARTS) is 1. The van der Waals surface area contributed by atoms with Gasteiger partial charge in [0, 0.05) is 18.9 Å². The van der Waals surface area contributed by atoms with Crippen LogP contribution in [0.15, 0.2) is 0 Å². The van der Waals surface area contributed by atoms with Gasteiger partial charge in [-0.05, 0) is 26.2 Å². The van der Waals surface area contributed by atoms with E-state index in [4.69, 9.17) is 17.3 Å². The summed E-state index contributed by atoms with van der Waals surface area (Å²) in [7, 11) is 0. The summed E-state index contributed by atoms with van der Waals surface area (Å²) in [5, 5.41) is 9.10. The minimum absolute atomic E-state index is 0.00227. The maximum atomic E-state index is 11.2. The summed E-state index contributed by atoms with van der Waals surface area (Å²) >= 11 is 5.36. The zero-order chi connectivity index (χ0) is 13.0. The van der Waals surface area contributed by atoms with Crippen molar-refractivity contribution in [1.29, 1.82) is 0 Å². The van der Waals surface area contributed by atoms with Crippen molar-refractivity contribution in [2.45, 2.75) is 45.6 Å². The number of hydrogen-bond donors (Lipinski definition) is 1. The highest BCUT2D eigenvalue weighted by Crippen LogP contribution is 2.24. The highest BCUT2D eigenvalue weighted by Gasteiger charge is 2.34. The van der Waals surface area contributed by atoms with Crippen molar-refractivity contribution >= 4 is 29.0 Å². The van der Waals surface area contributed by atoms with Crippen molar-refractivity contribution in [3.05, 3.63) is 0 Å². The van der Waals surface area contributed by atoms with E-state index in [1.807, 2.05) is 6.92 Å².